The molecule has 2 amide bonds. The van der Waals surface area contributed by atoms with Gasteiger partial charge in [0.05, 0.1) is 5.41 Å². The van der Waals surface area contributed by atoms with Crippen molar-refractivity contribution in [2.24, 2.45) is 5.92 Å². The molecule has 2 aliphatic carbocycles. The highest BCUT2D eigenvalue weighted by Crippen LogP contribution is 2.41. The number of rotatable bonds is 6. The lowest BCUT2D eigenvalue weighted by Gasteiger charge is -2.28. The summed E-state index contributed by atoms with van der Waals surface area (Å²) < 4.78 is 13.4. The molecular formula is C25H29FN2O2. The van der Waals surface area contributed by atoms with Crippen LogP contribution in [0.3, 0.4) is 0 Å². The van der Waals surface area contributed by atoms with Crippen LogP contribution in [0.25, 0.3) is 0 Å². The number of benzene rings is 2. The zero-order valence-corrected chi connectivity index (χ0v) is 17.3. The summed E-state index contributed by atoms with van der Waals surface area (Å²) >= 11 is 0. The summed E-state index contributed by atoms with van der Waals surface area (Å²) in [4.78, 5) is 25.6. The predicted molar refractivity (Wildman–Crippen MR) is 115 cm³/mol. The van der Waals surface area contributed by atoms with E-state index in [1.54, 1.807) is 12.1 Å². The average Bonchev–Trinajstić information content (AvgIpc) is 3.46. The van der Waals surface area contributed by atoms with Gasteiger partial charge < -0.3 is 10.6 Å². The van der Waals surface area contributed by atoms with Crippen molar-refractivity contribution in [3.8, 4) is 0 Å². The van der Waals surface area contributed by atoms with Gasteiger partial charge in [0.1, 0.15) is 5.82 Å². The first-order valence-corrected chi connectivity index (χ1v) is 11.0. The van der Waals surface area contributed by atoms with Crippen molar-refractivity contribution in [3.63, 3.8) is 0 Å². The molecule has 4 nitrogen and oxygen atoms in total. The Hall–Kier alpha value is -2.69. The van der Waals surface area contributed by atoms with Gasteiger partial charge in [0, 0.05) is 18.2 Å². The van der Waals surface area contributed by atoms with Gasteiger partial charge in [-0.25, -0.2) is 4.39 Å². The van der Waals surface area contributed by atoms with Crippen LogP contribution < -0.4 is 10.6 Å². The summed E-state index contributed by atoms with van der Waals surface area (Å²) in [6.45, 7) is 0.398. The molecule has 4 rings (SSSR count). The molecule has 158 valence electrons. The van der Waals surface area contributed by atoms with Crippen LogP contribution in [0.1, 0.15) is 62.5 Å². The number of hydrogen-bond acceptors (Lipinski definition) is 2. The van der Waals surface area contributed by atoms with Crippen LogP contribution in [0.4, 0.5) is 10.1 Å². The van der Waals surface area contributed by atoms with Gasteiger partial charge in [0.25, 0.3) is 0 Å². The Morgan fingerprint density at radius 3 is 2.37 bits per heavy atom. The van der Waals surface area contributed by atoms with Crippen molar-refractivity contribution >= 4 is 17.5 Å². The van der Waals surface area contributed by atoms with E-state index in [0.29, 0.717) is 6.54 Å². The second-order valence-electron chi connectivity index (χ2n) is 8.65. The SMILES string of the molecule is O=C(Nc1cccc(CNC(=O)C2(c3ccc(F)cc3)CCCC2)c1)C1CCCC1. The second kappa shape index (κ2) is 8.99. The van der Waals surface area contributed by atoms with E-state index in [9.17, 15) is 14.0 Å². The smallest absolute Gasteiger partial charge is 0.230 e. The Morgan fingerprint density at radius 2 is 1.67 bits per heavy atom. The average molecular weight is 409 g/mol. The minimum atomic E-state index is -0.581. The highest BCUT2D eigenvalue weighted by molar-refractivity contribution is 5.92. The normalized spacial score (nSPS) is 18.3. The van der Waals surface area contributed by atoms with Gasteiger partial charge in [-0.2, -0.15) is 0 Å². The highest BCUT2D eigenvalue weighted by atomic mass is 19.1. The van der Waals surface area contributed by atoms with Crippen molar-refractivity contribution in [1.29, 1.82) is 0 Å². The minimum Gasteiger partial charge on any atom is -0.351 e. The van der Waals surface area contributed by atoms with Gasteiger partial charge in [-0.15, -0.1) is 0 Å². The van der Waals surface area contributed by atoms with Crippen molar-refractivity contribution < 1.29 is 14.0 Å². The van der Waals surface area contributed by atoms with E-state index in [1.165, 1.54) is 12.1 Å². The Morgan fingerprint density at radius 1 is 0.967 bits per heavy atom. The van der Waals surface area contributed by atoms with E-state index in [4.69, 9.17) is 0 Å². The zero-order chi connectivity index (χ0) is 21.0. The molecule has 30 heavy (non-hydrogen) atoms. The summed E-state index contributed by atoms with van der Waals surface area (Å²) in [6, 6.07) is 14.0. The van der Waals surface area contributed by atoms with E-state index in [-0.39, 0.29) is 23.5 Å². The van der Waals surface area contributed by atoms with E-state index in [2.05, 4.69) is 10.6 Å². The third kappa shape index (κ3) is 4.40. The number of nitrogens with one attached hydrogen (secondary N) is 2. The van der Waals surface area contributed by atoms with Gasteiger partial charge in [0.15, 0.2) is 0 Å². The third-order valence-electron chi connectivity index (χ3n) is 6.66. The standard InChI is InChI=1S/C25H29FN2O2/c26-21-12-10-20(11-13-21)25(14-3-4-15-25)24(30)27-17-18-6-5-9-22(16-18)28-23(29)19-7-1-2-8-19/h5-6,9-13,16,19H,1-4,7-8,14-15,17H2,(H,27,30)(H,28,29). The van der Waals surface area contributed by atoms with E-state index >= 15 is 0 Å². The molecular weight excluding hydrogens is 379 g/mol. The fourth-order valence-electron chi connectivity index (χ4n) is 4.94. The van der Waals surface area contributed by atoms with Gasteiger partial charge >= 0.3 is 0 Å². The lowest BCUT2D eigenvalue weighted by Crippen LogP contribution is -2.42. The molecule has 0 aliphatic heterocycles. The maximum absolute atomic E-state index is 13.4. The van der Waals surface area contributed by atoms with Gasteiger partial charge in [-0.1, -0.05) is 49.9 Å². The predicted octanol–water partition coefficient (Wildman–Crippen LogP) is 5.08. The van der Waals surface area contributed by atoms with Crippen LogP contribution in [-0.4, -0.2) is 11.8 Å². The van der Waals surface area contributed by atoms with Crippen molar-refractivity contribution in [3.05, 3.63) is 65.5 Å². The third-order valence-corrected chi connectivity index (χ3v) is 6.66. The summed E-state index contributed by atoms with van der Waals surface area (Å²) in [5, 5.41) is 6.10. The second-order valence-corrected chi connectivity index (χ2v) is 8.65. The molecule has 2 N–H and O–H groups in total. The fourth-order valence-corrected chi connectivity index (χ4v) is 4.94. The van der Waals surface area contributed by atoms with Crippen LogP contribution in [-0.2, 0) is 21.5 Å². The van der Waals surface area contributed by atoms with E-state index < -0.39 is 5.41 Å². The topological polar surface area (TPSA) is 58.2 Å². The van der Waals surface area contributed by atoms with Crippen molar-refractivity contribution in [2.45, 2.75) is 63.3 Å². The summed E-state index contributed by atoms with van der Waals surface area (Å²) in [7, 11) is 0. The lowest BCUT2D eigenvalue weighted by molar-refractivity contribution is -0.126. The summed E-state index contributed by atoms with van der Waals surface area (Å²) in [6.07, 6.45) is 7.73. The summed E-state index contributed by atoms with van der Waals surface area (Å²) in [5.74, 6) is -0.0861. The maximum Gasteiger partial charge on any atom is 0.230 e. The van der Waals surface area contributed by atoms with Crippen LogP contribution in [0.2, 0.25) is 0 Å². The highest BCUT2D eigenvalue weighted by Gasteiger charge is 2.42. The van der Waals surface area contributed by atoms with Gasteiger partial charge in [0.2, 0.25) is 11.8 Å². The molecule has 0 aromatic heterocycles. The minimum absolute atomic E-state index is 0.00741. The van der Waals surface area contributed by atoms with Crippen LogP contribution in [0.15, 0.2) is 48.5 Å². The first kappa shape index (κ1) is 20.6. The largest absolute Gasteiger partial charge is 0.351 e. The number of carbonyl (C=O) groups excluding carboxylic acids is 2. The van der Waals surface area contributed by atoms with Crippen LogP contribution >= 0.6 is 0 Å². The fraction of sp³-hybridized carbons (Fsp3) is 0.440. The first-order chi connectivity index (χ1) is 14.6. The Balaban J connectivity index is 1.41. The molecule has 2 aliphatic rings. The molecule has 2 aromatic carbocycles. The Kier molecular flexibility index (Phi) is 6.16. The van der Waals surface area contributed by atoms with Gasteiger partial charge in [-0.3, -0.25) is 9.59 Å². The van der Waals surface area contributed by atoms with E-state index in [1.807, 2.05) is 24.3 Å². The molecule has 0 saturated heterocycles. The maximum atomic E-state index is 13.4. The number of carbonyl (C=O) groups is 2. The lowest BCUT2D eigenvalue weighted by atomic mass is 9.78. The van der Waals surface area contributed by atoms with Crippen LogP contribution in [0, 0.1) is 11.7 Å². The van der Waals surface area contributed by atoms with Crippen molar-refractivity contribution in [1.82, 2.24) is 5.32 Å². The summed E-state index contributed by atoms with van der Waals surface area (Å²) in [5.41, 5.74) is 2.02. The molecule has 2 aromatic rings. The first-order valence-electron chi connectivity index (χ1n) is 11.0. The Labute approximate surface area is 177 Å². The molecule has 0 heterocycles. The molecule has 0 spiro atoms. The number of amides is 2. The molecule has 2 saturated carbocycles. The molecule has 2 fully saturated rings. The number of halogens is 1. The monoisotopic (exact) mass is 408 g/mol. The molecule has 0 bridgehead atoms. The molecule has 5 heteroatoms. The number of hydrogen-bond donors (Lipinski definition) is 2. The Bertz CT molecular complexity index is 898. The zero-order valence-electron chi connectivity index (χ0n) is 17.3. The van der Waals surface area contributed by atoms with Crippen molar-refractivity contribution in [2.75, 3.05) is 5.32 Å². The number of anilines is 1. The van der Waals surface area contributed by atoms with E-state index in [0.717, 1.165) is 68.2 Å². The van der Waals surface area contributed by atoms with Crippen LogP contribution in [0.5, 0.6) is 0 Å². The van der Waals surface area contributed by atoms with Gasteiger partial charge in [-0.05, 0) is 61.1 Å². The quantitative estimate of drug-likeness (QED) is 0.700. The molecule has 0 atom stereocenters. The molecule has 0 unspecified atom stereocenters. The molecule has 0 radical (unpaired) electrons.